The summed E-state index contributed by atoms with van der Waals surface area (Å²) in [6.45, 7) is 4.24. The molecule has 3 rings (SSSR count). The van der Waals surface area contributed by atoms with E-state index in [1.54, 1.807) is 23.9 Å². The summed E-state index contributed by atoms with van der Waals surface area (Å²) in [5.41, 5.74) is 2.38. The number of aromatic nitrogens is 1. The first-order valence-electron chi connectivity index (χ1n) is 12.4. The largest absolute Gasteiger partial charge is 0.345 e. The average molecular weight is 453 g/mol. The standard InChI is InChI=1S/C27H40N4O2/c1-4-5-18-30(27(33)28(2)3)22-26(32)31(24-15-10-7-11-16-24)21-25-17-12-19-29(25)20-23-13-8-6-9-14-23/h6,8-9,12-14,17,19,24H,4-5,7,10-11,15-16,18,20-22H2,1-3H3. The molecule has 0 aliphatic heterocycles. The lowest BCUT2D eigenvalue weighted by molar-refractivity contribution is -0.135. The predicted octanol–water partition coefficient (Wildman–Crippen LogP) is 4.98. The minimum absolute atomic E-state index is 0.0562. The number of benzene rings is 1. The van der Waals surface area contributed by atoms with Crippen LogP contribution in [-0.4, -0.2) is 64.4 Å². The van der Waals surface area contributed by atoms with Crippen LogP contribution in [0.5, 0.6) is 0 Å². The Bertz CT molecular complexity index is 871. The summed E-state index contributed by atoms with van der Waals surface area (Å²) < 4.78 is 2.23. The van der Waals surface area contributed by atoms with Crippen molar-refractivity contribution in [3.63, 3.8) is 0 Å². The Kier molecular flexibility index (Phi) is 9.40. The Balaban J connectivity index is 1.78. The van der Waals surface area contributed by atoms with Gasteiger partial charge in [-0.2, -0.15) is 0 Å². The Morgan fingerprint density at radius 2 is 1.73 bits per heavy atom. The van der Waals surface area contributed by atoms with Crippen molar-refractivity contribution in [3.8, 4) is 0 Å². The summed E-state index contributed by atoms with van der Waals surface area (Å²) in [5, 5.41) is 0. The quantitative estimate of drug-likeness (QED) is 0.510. The van der Waals surface area contributed by atoms with Crippen LogP contribution in [0.3, 0.4) is 0 Å². The Morgan fingerprint density at radius 1 is 1.00 bits per heavy atom. The van der Waals surface area contributed by atoms with Crippen molar-refractivity contribution in [2.24, 2.45) is 0 Å². The second kappa shape index (κ2) is 12.5. The van der Waals surface area contributed by atoms with Crippen LogP contribution in [0.15, 0.2) is 48.7 Å². The average Bonchev–Trinajstić information content (AvgIpc) is 3.27. The number of carbonyl (C=O) groups excluding carboxylic acids is 2. The normalized spacial score (nSPS) is 14.2. The van der Waals surface area contributed by atoms with Gasteiger partial charge in [-0.15, -0.1) is 0 Å². The topological polar surface area (TPSA) is 48.8 Å². The van der Waals surface area contributed by atoms with Crippen LogP contribution in [0, 0.1) is 0 Å². The first-order chi connectivity index (χ1) is 16.0. The van der Waals surface area contributed by atoms with Gasteiger partial charge in [-0.3, -0.25) is 4.79 Å². The van der Waals surface area contributed by atoms with Gasteiger partial charge in [-0.25, -0.2) is 4.79 Å². The van der Waals surface area contributed by atoms with Crippen LogP contribution >= 0.6 is 0 Å². The molecule has 0 bridgehead atoms. The summed E-state index contributed by atoms with van der Waals surface area (Å²) in [6, 6.07) is 14.7. The zero-order chi connectivity index (χ0) is 23.6. The van der Waals surface area contributed by atoms with E-state index in [0.29, 0.717) is 13.1 Å². The Hall–Kier alpha value is -2.76. The second-order valence-electron chi connectivity index (χ2n) is 9.38. The molecule has 1 aromatic heterocycles. The highest BCUT2D eigenvalue weighted by atomic mass is 16.2. The third kappa shape index (κ3) is 7.11. The maximum atomic E-state index is 13.6. The summed E-state index contributed by atoms with van der Waals surface area (Å²) >= 11 is 0. The number of urea groups is 1. The smallest absolute Gasteiger partial charge is 0.319 e. The van der Waals surface area contributed by atoms with Crippen LogP contribution < -0.4 is 0 Å². The number of unbranched alkanes of at least 4 members (excludes halogenated alkanes) is 1. The Labute approximate surface area is 199 Å². The van der Waals surface area contributed by atoms with Gasteiger partial charge in [0.25, 0.3) is 0 Å². The fourth-order valence-electron chi connectivity index (χ4n) is 4.64. The molecule has 2 aromatic rings. The van der Waals surface area contributed by atoms with Gasteiger partial charge in [0, 0.05) is 45.1 Å². The SMILES string of the molecule is CCCCN(CC(=O)N(Cc1cccn1Cc1ccccc1)C1CCCCC1)C(=O)N(C)C. The molecule has 1 saturated carbocycles. The lowest BCUT2D eigenvalue weighted by atomic mass is 9.94. The number of amides is 3. The summed E-state index contributed by atoms with van der Waals surface area (Å²) in [5.74, 6) is 0.0562. The third-order valence-electron chi connectivity index (χ3n) is 6.55. The molecule has 1 fully saturated rings. The van der Waals surface area contributed by atoms with Gasteiger partial charge >= 0.3 is 6.03 Å². The van der Waals surface area contributed by atoms with E-state index in [0.717, 1.165) is 50.8 Å². The van der Waals surface area contributed by atoms with Crippen molar-refractivity contribution in [2.75, 3.05) is 27.2 Å². The van der Waals surface area contributed by atoms with Gasteiger partial charge in [0.1, 0.15) is 6.54 Å². The van der Waals surface area contributed by atoms with Crippen molar-refractivity contribution in [3.05, 3.63) is 59.9 Å². The molecule has 0 N–H and O–H groups in total. The van der Waals surface area contributed by atoms with Crippen molar-refractivity contribution in [1.29, 1.82) is 0 Å². The minimum atomic E-state index is -0.0900. The molecule has 6 heteroatoms. The van der Waals surface area contributed by atoms with Gasteiger partial charge in [0.15, 0.2) is 0 Å². The van der Waals surface area contributed by atoms with E-state index in [1.807, 2.05) is 6.07 Å². The van der Waals surface area contributed by atoms with Gasteiger partial charge in [-0.05, 0) is 37.0 Å². The Morgan fingerprint density at radius 3 is 2.39 bits per heavy atom. The molecule has 33 heavy (non-hydrogen) atoms. The highest BCUT2D eigenvalue weighted by Gasteiger charge is 2.29. The van der Waals surface area contributed by atoms with Crippen molar-refractivity contribution in [2.45, 2.75) is 71.0 Å². The molecule has 0 saturated heterocycles. The molecule has 1 aliphatic rings. The number of hydrogen-bond donors (Lipinski definition) is 0. The molecular formula is C27H40N4O2. The number of rotatable bonds is 10. The van der Waals surface area contributed by atoms with Crippen LogP contribution in [0.1, 0.15) is 63.1 Å². The van der Waals surface area contributed by atoms with E-state index in [2.05, 4.69) is 59.0 Å². The van der Waals surface area contributed by atoms with Crippen LogP contribution in [0.4, 0.5) is 4.79 Å². The highest BCUT2D eigenvalue weighted by Crippen LogP contribution is 2.25. The molecule has 0 unspecified atom stereocenters. The van der Waals surface area contributed by atoms with E-state index in [-0.39, 0.29) is 24.5 Å². The molecule has 0 radical (unpaired) electrons. The molecule has 180 valence electrons. The van der Waals surface area contributed by atoms with Crippen molar-refractivity contribution >= 4 is 11.9 Å². The monoisotopic (exact) mass is 452 g/mol. The number of carbonyl (C=O) groups is 2. The van der Waals surface area contributed by atoms with E-state index in [1.165, 1.54) is 12.0 Å². The van der Waals surface area contributed by atoms with Crippen LogP contribution in [0.25, 0.3) is 0 Å². The fraction of sp³-hybridized carbons (Fsp3) is 0.556. The summed E-state index contributed by atoms with van der Waals surface area (Å²) in [4.78, 5) is 31.7. The summed E-state index contributed by atoms with van der Waals surface area (Å²) in [6.07, 6.45) is 9.63. The molecule has 0 atom stereocenters. The predicted molar refractivity (Wildman–Crippen MR) is 133 cm³/mol. The van der Waals surface area contributed by atoms with Gasteiger partial charge in [0.05, 0.1) is 6.54 Å². The fourth-order valence-corrected chi connectivity index (χ4v) is 4.64. The molecule has 1 aromatic carbocycles. The number of hydrogen-bond acceptors (Lipinski definition) is 2. The number of nitrogens with zero attached hydrogens (tertiary/aromatic N) is 4. The first kappa shape index (κ1) is 24.9. The van der Waals surface area contributed by atoms with Crippen molar-refractivity contribution in [1.82, 2.24) is 19.3 Å². The van der Waals surface area contributed by atoms with Crippen LogP contribution in [-0.2, 0) is 17.9 Å². The first-order valence-corrected chi connectivity index (χ1v) is 12.4. The van der Waals surface area contributed by atoms with Gasteiger partial charge in [0.2, 0.25) is 5.91 Å². The molecule has 3 amide bonds. The van der Waals surface area contributed by atoms with Crippen molar-refractivity contribution < 1.29 is 9.59 Å². The molecular weight excluding hydrogens is 412 g/mol. The maximum Gasteiger partial charge on any atom is 0.319 e. The van der Waals surface area contributed by atoms with Crippen LogP contribution in [0.2, 0.25) is 0 Å². The zero-order valence-electron chi connectivity index (χ0n) is 20.6. The van der Waals surface area contributed by atoms with Gasteiger partial charge in [-0.1, -0.05) is 62.9 Å². The molecule has 0 spiro atoms. The van der Waals surface area contributed by atoms with E-state index in [4.69, 9.17) is 0 Å². The molecule has 6 nitrogen and oxygen atoms in total. The highest BCUT2D eigenvalue weighted by molar-refractivity contribution is 5.84. The van der Waals surface area contributed by atoms with E-state index >= 15 is 0 Å². The zero-order valence-corrected chi connectivity index (χ0v) is 20.6. The third-order valence-corrected chi connectivity index (χ3v) is 6.55. The second-order valence-corrected chi connectivity index (χ2v) is 9.38. The van der Waals surface area contributed by atoms with Gasteiger partial charge < -0.3 is 19.3 Å². The molecule has 1 aliphatic carbocycles. The minimum Gasteiger partial charge on any atom is -0.345 e. The van der Waals surface area contributed by atoms with E-state index < -0.39 is 0 Å². The lowest BCUT2D eigenvalue weighted by Gasteiger charge is -2.36. The lowest BCUT2D eigenvalue weighted by Crippen LogP contribution is -2.49. The summed E-state index contributed by atoms with van der Waals surface area (Å²) in [7, 11) is 3.50. The van der Waals surface area contributed by atoms with E-state index in [9.17, 15) is 9.59 Å². The molecule has 1 heterocycles. The maximum absolute atomic E-state index is 13.6.